The van der Waals surface area contributed by atoms with Crippen molar-refractivity contribution in [2.75, 3.05) is 13.1 Å². The van der Waals surface area contributed by atoms with Gasteiger partial charge in [0.05, 0.1) is 0 Å². The molecule has 1 aliphatic heterocycles. The van der Waals surface area contributed by atoms with E-state index < -0.39 is 0 Å². The van der Waals surface area contributed by atoms with Gasteiger partial charge in [0.1, 0.15) is 0 Å². The summed E-state index contributed by atoms with van der Waals surface area (Å²) in [6.45, 7) is 3.14. The highest BCUT2D eigenvalue weighted by molar-refractivity contribution is 5.13. The molecule has 0 aliphatic carbocycles. The van der Waals surface area contributed by atoms with Crippen molar-refractivity contribution in [1.29, 1.82) is 0 Å². The van der Waals surface area contributed by atoms with Gasteiger partial charge in [-0.1, -0.05) is 43.2 Å². The van der Waals surface area contributed by atoms with Crippen molar-refractivity contribution in [3.05, 3.63) is 35.9 Å². The minimum absolute atomic E-state index is 0.640. The Morgan fingerprint density at radius 1 is 0.933 bits per heavy atom. The molecule has 0 unspecified atom stereocenters. The van der Waals surface area contributed by atoms with Crippen molar-refractivity contribution < 1.29 is 0 Å². The Morgan fingerprint density at radius 2 is 1.53 bits per heavy atom. The van der Waals surface area contributed by atoms with Gasteiger partial charge in [-0.2, -0.15) is 0 Å². The van der Waals surface area contributed by atoms with Crippen LogP contribution in [0.1, 0.15) is 31.2 Å². The topological polar surface area (TPSA) is 38.0 Å². The highest BCUT2D eigenvalue weighted by atomic mass is 14.8. The second-order valence-electron chi connectivity index (χ2n) is 3.85. The average molecular weight is 206 g/mol. The number of nitrogens with two attached hydrogens (primary N) is 1. The van der Waals surface area contributed by atoms with E-state index >= 15 is 0 Å². The van der Waals surface area contributed by atoms with Gasteiger partial charge in [0.2, 0.25) is 0 Å². The molecular formula is C13H22N2. The zero-order chi connectivity index (χ0) is 10.8. The van der Waals surface area contributed by atoms with Gasteiger partial charge in [0.15, 0.2) is 0 Å². The Kier molecular flexibility index (Phi) is 6.88. The third kappa shape index (κ3) is 6.26. The number of benzene rings is 1. The van der Waals surface area contributed by atoms with Crippen LogP contribution in [0.5, 0.6) is 0 Å². The van der Waals surface area contributed by atoms with Gasteiger partial charge < -0.3 is 11.1 Å². The van der Waals surface area contributed by atoms with Crippen LogP contribution in [0.3, 0.4) is 0 Å². The predicted octanol–water partition coefficient (Wildman–Crippen LogP) is 2.30. The minimum atomic E-state index is 0.640. The number of rotatable bonds is 1. The maximum atomic E-state index is 5.35. The van der Waals surface area contributed by atoms with Gasteiger partial charge in [-0.05, 0) is 31.5 Å². The molecule has 3 N–H and O–H groups in total. The summed E-state index contributed by atoms with van der Waals surface area (Å²) in [6.07, 6.45) is 5.65. The molecule has 2 rings (SSSR count). The Bertz CT molecular complexity index is 214. The molecule has 1 saturated heterocycles. The van der Waals surface area contributed by atoms with Crippen LogP contribution in [0.2, 0.25) is 0 Å². The standard InChI is InChI=1S/C7H9N.C6H13N/c8-6-7-4-2-1-3-5-7;1-2-4-6-7-5-3-1/h1-5H,6,8H2;7H,1-6H2. The number of hydrogen-bond donors (Lipinski definition) is 2. The molecule has 1 aromatic carbocycles. The highest BCUT2D eigenvalue weighted by Gasteiger charge is 1.94. The minimum Gasteiger partial charge on any atom is -0.326 e. The van der Waals surface area contributed by atoms with Crippen LogP contribution < -0.4 is 11.1 Å². The highest BCUT2D eigenvalue weighted by Crippen LogP contribution is 2.00. The lowest BCUT2D eigenvalue weighted by Gasteiger charge is -1.91. The van der Waals surface area contributed by atoms with Crippen molar-refractivity contribution in [1.82, 2.24) is 5.32 Å². The zero-order valence-electron chi connectivity index (χ0n) is 9.41. The molecule has 0 radical (unpaired) electrons. The van der Waals surface area contributed by atoms with Crippen molar-refractivity contribution in [2.24, 2.45) is 5.73 Å². The summed E-state index contributed by atoms with van der Waals surface area (Å²) in [5.41, 5.74) is 6.54. The number of nitrogens with one attached hydrogen (secondary N) is 1. The first-order chi connectivity index (χ1) is 7.43. The van der Waals surface area contributed by atoms with E-state index in [-0.39, 0.29) is 0 Å². The largest absolute Gasteiger partial charge is 0.326 e. The van der Waals surface area contributed by atoms with E-state index in [1.54, 1.807) is 0 Å². The maximum absolute atomic E-state index is 5.35. The summed E-state index contributed by atoms with van der Waals surface area (Å²) in [5.74, 6) is 0. The van der Waals surface area contributed by atoms with E-state index in [0.29, 0.717) is 6.54 Å². The molecule has 15 heavy (non-hydrogen) atoms. The summed E-state index contributed by atoms with van der Waals surface area (Å²) >= 11 is 0. The summed E-state index contributed by atoms with van der Waals surface area (Å²) in [6, 6.07) is 9.99. The zero-order valence-corrected chi connectivity index (χ0v) is 9.41. The summed E-state index contributed by atoms with van der Waals surface area (Å²) in [5, 5.41) is 3.35. The van der Waals surface area contributed by atoms with Crippen LogP contribution in [0, 0.1) is 0 Å². The molecule has 84 valence electrons. The van der Waals surface area contributed by atoms with Crippen molar-refractivity contribution in [2.45, 2.75) is 32.2 Å². The molecule has 1 heterocycles. The quantitative estimate of drug-likeness (QED) is 0.740. The molecule has 1 aromatic rings. The van der Waals surface area contributed by atoms with Crippen molar-refractivity contribution in [3.8, 4) is 0 Å². The Hall–Kier alpha value is -0.860. The summed E-state index contributed by atoms with van der Waals surface area (Å²) in [7, 11) is 0. The molecule has 0 bridgehead atoms. The van der Waals surface area contributed by atoms with Gasteiger partial charge in [-0.3, -0.25) is 0 Å². The normalized spacial score (nSPS) is 16.1. The second kappa shape index (κ2) is 8.45. The van der Waals surface area contributed by atoms with Crippen LogP contribution in [0.4, 0.5) is 0 Å². The molecule has 0 spiro atoms. The van der Waals surface area contributed by atoms with E-state index in [1.165, 1.54) is 44.3 Å². The molecule has 1 aliphatic rings. The van der Waals surface area contributed by atoms with Gasteiger partial charge in [0, 0.05) is 6.54 Å². The summed E-state index contributed by atoms with van der Waals surface area (Å²) < 4.78 is 0. The van der Waals surface area contributed by atoms with Crippen LogP contribution in [-0.2, 0) is 6.54 Å². The molecule has 2 nitrogen and oxygen atoms in total. The van der Waals surface area contributed by atoms with Gasteiger partial charge >= 0.3 is 0 Å². The van der Waals surface area contributed by atoms with E-state index in [2.05, 4.69) is 5.32 Å². The lowest BCUT2D eigenvalue weighted by atomic mass is 10.2. The Balaban J connectivity index is 0.000000151. The van der Waals surface area contributed by atoms with Gasteiger partial charge in [-0.25, -0.2) is 0 Å². The Morgan fingerprint density at radius 3 is 2.00 bits per heavy atom. The van der Waals surface area contributed by atoms with E-state index in [4.69, 9.17) is 5.73 Å². The van der Waals surface area contributed by atoms with Crippen molar-refractivity contribution in [3.63, 3.8) is 0 Å². The molecule has 0 amide bonds. The fourth-order valence-corrected chi connectivity index (χ4v) is 1.59. The molecule has 0 aromatic heterocycles. The molecule has 2 heteroatoms. The monoisotopic (exact) mass is 206 g/mol. The van der Waals surface area contributed by atoms with Gasteiger partial charge in [-0.15, -0.1) is 0 Å². The SMILES string of the molecule is C1CCCNCC1.NCc1ccccc1. The smallest absolute Gasteiger partial charge is 0.0178 e. The maximum Gasteiger partial charge on any atom is 0.0178 e. The molecule has 0 atom stereocenters. The lowest BCUT2D eigenvalue weighted by molar-refractivity contribution is 0.702. The van der Waals surface area contributed by atoms with E-state index in [1.807, 2.05) is 30.3 Å². The first-order valence-corrected chi connectivity index (χ1v) is 5.88. The third-order valence-corrected chi connectivity index (χ3v) is 2.54. The second-order valence-corrected chi connectivity index (χ2v) is 3.85. The third-order valence-electron chi connectivity index (χ3n) is 2.54. The van der Waals surface area contributed by atoms with Crippen molar-refractivity contribution >= 4 is 0 Å². The predicted molar refractivity (Wildman–Crippen MR) is 65.7 cm³/mol. The van der Waals surface area contributed by atoms with E-state index in [0.717, 1.165) is 0 Å². The lowest BCUT2D eigenvalue weighted by Crippen LogP contribution is -2.12. The number of hydrogen-bond acceptors (Lipinski definition) is 2. The van der Waals surface area contributed by atoms with Gasteiger partial charge in [0.25, 0.3) is 0 Å². The van der Waals surface area contributed by atoms with Crippen LogP contribution >= 0.6 is 0 Å². The molecule has 0 saturated carbocycles. The molecular weight excluding hydrogens is 184 g/mol. The first kappa shape index (κ1) is 12.2. The average Bonchev–Trinajstić information content (AvgIpc) is 2.63. The molecule has 1 fully saturated rings. The van der Waals surface area contributed by atoms with Crippen LogP contribution in [0.15, 0.2) is 30.3 Å². The summed E-state index contributed by atoms with van der Waals surface area (Å²) in [4.78, 5) is 0. The fraction of sp³-hybridized carbons (Fsp3) is 0.538. The fourth-order valence-electron chi connectivity index (χ4n) is 1.59. The van der Waals surface area contributed by atoms with Crippen LogP contribution in [-0.4, -0.2) is 13.1 Å². The van der Waals surface area contributed by atoms with Crippen LogP contribution in [0.25, 0.3) is 0 Å². The first-order valence-electron chi connectivity index (χ1n) is 5.88. The Labute approximate surface area is 92.9 Å². The van der Waals surface area contributed by atoms with E-state index in [9.17, 15) is 0 Å².